The van der Waals surface area contributed by atoms with Gasteiger partial charge in [0.05, 0.1) is 8.41 Å². The number of hydrogen-bond donors (Lipinski definition) is 2. The first-order valence-electron chi connectivity index (χ1n) is 0.532. The molecule has 0 rings (SSSR count). The third kappa shape index (κ3) is 68.2. The van der Waals surface area contributed by atoms with E-state index in [0.29, 0.717) is 0 Å². The second kappa shape index (κ2) is 9.46. The van der Waals surface area contributed by atoms with Gasteiger partial charge in [-0.3, -0.25) is 9.11 Å². The molecule has 0 aromatic carbocycles. The third-order valence-corrected chi connectivity index (χ3v) is 0. The van der Waals surface area contributed by atoms with Crippen LogP contribution in [0.1, 0.15) is 0 Å². The number of rotatable bonds is 0. The van der Waals surface area contributed by atoms with Gasteiger partial charge >= 0.3 is 29.6 Å². The summed E-state index contributed by atoms with van der Waals surface area (Å²) in [5, 5.41) is 0. The average molecular weight is 120 g/mol. The van der Waals surface area contributed by atoms with Crippen LogP contribution in [0.2, 0.25) is 0 Å². The Morgan fingerprint density at radius 3 is 1.33 bits per heavy atom. The van der Waals surface area contributed by atoms with Gasteiger partial charge in [0.2, 0.25) is 0 Å². The van der Waals surface area contributed by atoms with E-state index in [9.17, 15) is 0 Å². The monoisotopic (exact) mass is 120 g/mol. The van der Waals surface area contributed by atoms with Crippen molar-refractivity contribution in [1.29, 1.82) is 0 Å². The topological polar surface area (TPSA) is 57.5 Å². The van der Waals surface area contributed by atoms with Gasteiger partial charge in [0.25, 0.3) is 11.4 Å². The molecule has 0 aliphatic carbocycles. The molecule has 0 heterocycles. The molecule has 0 aromatic rings. The van der Waals surface area contributed by atoms with Gasteiger partial charge < -0.3 is 0 Å². The van der Waals surface area contributed by atoms with Gasteiger partial charge in [-0.1, -0.05) is 0 Å². The summed E-state index contributed by atoms with van der Waals surface area (Å²) < 4.78 is 22.8. The molecule has 0 saturated heterocycles. The number of hydrogen-bond acceptors (Lipinski definition) is 1. The van der Waals surface area contributed by atoms with E-state index in [1.165, 1.54) is 0 Å². The predicted octanol–water partition coefficient (Wildman–Crippen LogP) is -2.15. The van der Waals surface area contributed by atoms with E-state index in [2.05, 4.69) is 0 Å². The molecule has 0 spiro atoms. The Morgan fingerprint density at radius 1 is 1.33 bits per heavy atom. The second-order valence-electron chi connectivity index (χ2n) is 0.231. The molecule has 0 radical (unpaired) electrons. The molecule has 6 heavy (non-hydrogen) atoms. The Kier molecular flexibility index (Phi) is 24.8. The second-order valence-corrected chi connectivity index (χ2v) is 0.692. The molecule has 0 bridgehead atoms. The van der Waals surface area contributed by atoms with Crippen LogP contribution in [0.3, 0.4) is 0 Å². The van der Waals surface area contributed by atoms with Crippen molar-refractivity contribution in [3.05, 3.63) is 0 Å². The van der Waals surface area contributed by atoms with Gasteiger partial charge in [-0.2, -0.15) is 4.21 Å². The Hall–Kier alpha value is 1.13. The first kappa shape index (κ1) is 15.7. The fraction of sp³-hybridized carbons (Fsp3) is 0. The summed E-state index contributed by atoms with van der Waals surface area (Å²) in [6.45, 7) is 0. The molecule has 0 saturated carbocycles. The normalized spacial score (nSPS) is 5.83. The maximum absolute atomic E-state index is 8.67. The van der Waals surface area contributed by atoms with Crippen LogP contribution in [-0.4, -0.2) is 51.3 Å². The van der Waals surface area contributed by atoms with Crippen molar-refractivity contribution < 1.29 is 13.3 Å². The molecule has 0 fully saturated rings. The quantitative estimate of drug-likeness (QED) is 0.283. The van der Waals surface area contributed by atoms with E-state index in [-0.39, 0.29) is 38.0 Å². The van der Waals surface area contributed by atoms with Crippen molar-refractivity contribution in [3.63, 3.8) is 0 Å². The van der Waals surface area contributed by atoms with E-state index in [0.717, 1.165) is 0 Å². The Balaban J connectivity index is -0.0000000450. The first-order chi connectivity index (χ1) is 1.73. The Morgan fingerprint density at radius 2 is 1.33 bits per heavy atom. The molecular weight excluding hydrogens is 114 g/mol. The van der Waals surface area contributed by atoms with E-state index >= 15 is 0 Å². The summed E-state index contributed by atoms with van der Waals surface area (Å²) in [5.41, 5.74) is 0. The maximum atomic E-state index is 8.67. The van der Waals surface area contributed by atoms with Gasteiger partial charge in [-0.05, 0) is 0 Å². The molecular formula is H6BNaO3S. The van der Waals surface area contributed by atoms with Gasteiger partial charge in [0.1, 0.15) is 0 Å². The van der Waals surface area contributed by atoms with Gasteiger partial charge in [-0.15, -0.1) is 0 Å². The van der Waals surface area contributed by atoms with Crippen molar-refractivity contribution in [2.45, 2.75) is 0 Å². The molecule has 0 aliphatic heterocycles. The molecule has 2 N–H and O–H groups in total. The predicted molar refractivity (Wildman–Crippen MR) is 30.5 cm³/mol. The van der Waals surface area contributed by atoms with Crippen LogP contribution in [0.4, 0.5) is 0 Å². The van der Waals surface area contributed by atoms with E-state index in [1.54, 1.807) is 0 Å². The van der Waals surface area contributed by atoms with Crippen molar-refractivity contribution in [1.82, 2.24) is 0 Å². The van der Waals surface area contributed by atoms with Crippen molar-refractivity contribution in [3.8, 4) is 0 Å². The summed E-state index contributed by atoms with van der Waals surface area (Å²) in [6, 6.07) is 0. The van der Waals surface area contributed by atoms with Crippen LogP contribution in [0.25, 0.3) is 0 Å². The molecule has 0 unspecified atom stereocenters. The fourth-order valence-electron chi connectivity index (χ4n) is 0. The van der Waals surface area contributed by atoms with Crippen molar-refractivity contribution >= 4 is 49.3 Å². The molecule has 3 nitrogen and oxygen atoms in total. The van der Waals surface area contributed by atoms with Crippen LogP contribution < -0.4 is 0 Å². The van der Waals surface area contributed by atoms with E-state index in [4.69, 9.17) is 13.3 Å². The fourth-order valence-corrected chi connectivity index (χ4v) is 0. The summed E-state index contributed by atoms with van der Waals surface area (Å²) in [5.74, 6) is 0. The molecule has 34 valence electrons. The Labute approximate surface area is 62.5 Å². The van der Waals surface area contributed by atoms with Crippen LogP contribution in [0.5, 0.6) is 0 Å². The molecule has 0 amide bonds. The minimum atomic E-state index is -2.61. The summed E-state index contributed by atoms with van der Waals surface area (Å²) in [4.78, 5) is 0. The van der Waals surface area contributed by atoms with E-state index in [1.807, 2.05) is 0 Å². The van der Waals surface area contributed by atoms with Crippen LogP contribution >= 0.6 is 0 Å². The standard InChI is InChI=1S/BH3.Na.H2O3S.H/c;;1-4(2)3;/h1H3;;(H2,1,2,3);. The summed E-state index contributed by atoms with van der Waals surface area (Å²) in [7, 11) is 0. The van der Waals surface area contributed by atoms with Crippen LogP contribution in [0, 0.1) is 0 Å². The van der Waals surface area contributed by atoms with E-state index < -0.39 is 11.4 Å². The average Bonchev–Trinajstić information content (AvgIpc) is 0.811. The molecule has 0 aliphatic rings. The van der Waals surface area contributed by atoms with Crippen LogP contribution in [0.15, 0.2) is 0 Å². The summed E-state index contributed by atoms with van der Waals surface area (Å²) >= 11 is -2.61. The third-order valence-electron chi connectivity index (χ3n) is 0. The zero-order chi connectivity index (χ0) is 3.58. The zero-order valence-corrected chi connectivity index (χ0v) is 2.53. The van der Waals surface area contributed by atoms with Crippen molar-refractivity contribution in [2.24, 2.45) is 0 Å². The van der Waals surface area contributed by atoms with Gasteiger partial charge in [0.15, 0.2) is 0 Å². The van der Waals surface area contributed by atoms with Crippen molar-refractivity contribution in [2.75, 3.05) is 0 Å². The summed E-state index contributed by atoms with van der Waals surface area (Å²) in [6.07, 6.45) is 0. The zero-order valence-electron chi connectivity index (χ0n) is 1.71. The van der Waals surface area contributed by atoms with Gasteiger partial charge in [0, 0.05) is 0 Å². The van der Waals surface area contributed by atoms with Gasteiger partial charge in [-0.25, -0.2) is 0 Å². The molecule has 0 aromatic heterocycles. The van der Waals surface area contributed by atoms with Crippen LogP contribution in [-0.2, 0) is 11.4 Å². The SMILES string of the molecule is B.O=S(O)O.[NaH]. The molecule has 6 heteroatoms. The molecule has 0 atom stereocenters. The minimum absolute atomic E-state index is 0. The first-order valence-corrected chi connectivity index (χ1v) is 1.60. The Bertz CT molecular complexity index is 33.8.